The molecule has 1 rings (SSSR count). The molecule has 0 amide bonds. The van der Waals surface area contributed by atoms with Crippen molar-refractivity contribution in [1.29, 1.82) is 0 Å². The highest BCUT2D eigenvalue weighted by molar-refractivity contribution is 5.14. The number of benzene rings is 1. The van der Waals surface area contributed by atoms with Gasteiger partial charge in [-0.1, -0.05) is 68.9 Å². The standard InChI is InChI=1S/C18H31NO/c1-19(17-18-13-9-8-10-14-18)15-11-6-4-2-3-5-7-12-16-20/h8-10,13-14,20H,2-7,11-12,15-17H2,1H3. The molecule has 0 unspecified atom stereocenters. The van der Waals surface area contributed by atoms with E-state index >= 15 is 0 Å². The molecular weight excluding hydrogens is 246 g/mol. The first-order chi connectivity index (χ1) is 9.83. The number of aliphatic hydroxyl groups is 1. The molecule has 1 N–H and O–H groups in total. The topological polar surface area (TPSA) is 23.5 Å². The summed E-state index contributed by atoms with van der Waals surface area (Å²) in [6.07, 6.45) is 10.2. The summed E-state index contributed by atoms with van der Waals surface area (Å²) in [7, 11) is 2.21. The lowest BCUT2D eigenvalue weighted by Gasteiger charge is -2.16. The summed E-state index contributed by atoms with van der Waals surface area (Å²) in [5, 5.41) is 8.69. The first kappa shape index (κ1) is 17.2. The monoisotopic (exact) mass is 277 g/mol. The van der Waals surface area contributed by atoms with Crippen LogP contribution < -0.4 is 0 Å². The molecule has 1 aromatic rings. The van der Waals surface area contributed by atoms with Crippen molar-refractivity contribution in [3.05, 3.63) is 35.9 Å². The van der Waals surface area contributed by atoms with Crippen molar-refractivity contribution in [1.82, 2.24) is 4.90 Å². The second-order valence-corrected chi connectivity index (χ2v) is 5.78. The lowest BCUT2D eigenvalue weighted by atomic mass is 10.1. The van der Waals surface area contributed by atoms with Gasteiger partial charge in [-0.25, -0.2) is 0 Å². The molecular formula is C18H31NO. The second kappa shape index (κ2) is 11.9. The minimum Gasteiger partial charge on any atom is -0.396 e. The van der Waals surface area contributed by atoms with Gasteiger partial charge in [0.15, 0.2) is 0 Å². The van der Waals surface area contributed by atoms with Crippen LogP contribution in [-0.2, 0) is 6.54 Å². The Kier molecular flexibility index (Phi) is 10.3. The number of hydrogen-bond acceptors (Lipinski definition) is 2. The van der Waals surface area contributed by atoms with Gasteiger partial charge in [0.25, 0.3) is 0 Å². The number of unbranched alkanes of at least 4 members (excludes halogenated alkanes) is 7. The zero-order valence-corrected chi connectivity index (χ0v) is 13.1. The summed E-state index contributed by atoms with van der Waals surface area (Å²) in [6.45, 7) is 2.61. The maximum Gasteiger partial charge on any atom is 0.0431 e. The Labute approximate surface area is 124 Å². The van der Waals surface area contributed by atoms with Gasteiger partial charge in [-0.3, -0.25) is 0 Å². The number of rotatable bonds is 12. The molecule has 0 radical (unpaired) electrons. The predicted octanol–water partition coefficient (Wildman–Crippen LogP) is 4.23. The Bertz CT molecular complexity index is 312. The number of hydrogen-bond donors (Lipinski definition) is 1. The molecule has 0 bridgehead atoms. The van der Waals surface area contributed by atoms with Gasteiger partial charge in [0.1, 0.15) is 0 Å². The van der Waals surface area contributed by atoms with Gasteiger partial charge in [0.05, 0.1) is 0 Å². The second-order valence-electron chi connectivity index (χ2n) is 5.78. The molecule has 0 heterocycles. The fourth-order valence-corrected chi connectivity index (χ4v) is 2.53. The Morgan fingerprint density at radius 2 is 1.35 bits per heavy atom. The van der Waals surface area contributed by atoms with Crippen molar-refractivity contribution in [2.45, 2.75) is 57.9 Å². The maximum absolute atomic E-state index is 8.69. The third kappa shape index (κ3) is 9.11. The van der Waals surface area contributed by atoms with E-state index in [1.807, 2.05) is 0 Å². The van der Waals surface area contributed by atoms with Gasteiger partial charge in [0.2, 0.25) is 0 Å². The lowest BCUT2D eigenvalue weighted by molar-refractivity contribution is 0.282. The highest BCUT2D eigenvalue weighted by Crippen LogP contribution is 2.09. The van der Waals surface area contributed by atoms with Crippen LogP contribution in [0.4, 0.5) is 0 Å². The molecule has 0 saturated carbocycles. The van der Waals surface area contributed by atoms with E-state index < -0.39 is 0 Å². The molecule has 2 nitrogen and oxygen atoms in total. The Morgan fingerprint density at radius 1 is 0.800 bits per heavy atom. The van der Waals surface area contributed by atoms with Gasteiger partial charge in [0, 0.05) is 13.2 Å². The molecule has 0 atom stereocenters. The van der Waals surface area contributed by atoms with Crippen LogP contribution >= 0.6 is 0 Å². The van der Waals surface area contributed by atoms with E-state index in [2.05, 4.69) is 42.3 Å². The van der Waals surface area contributed by atoms with Crippen LogP contribution in [0.2, 0.25) is 0 Å². The van der Waals surface area contributed by atoms with E-state index in [1.54, 1.807) is 0 Å². The van der Waals surface area contributed by atoms with Crippen molar-refractivity contribution < 1.29 is 5.11 Å². The minimum absolute atomic E-state index is 0.355. The molecule has 1 aromatic carbocycles. The van der Waals surface area contributed by atoms with Gasteiger partial charge in [-0.15, -0.1) is 0 Å². The summed E-state index contributed by atoms with van der Waals surface area (Å²) < 4.78 is 0. The van der Waals surface area contributed by atoms with Crippen LogP contribution in [0.3, 0.4) is 0 Å². The average molecular weight is 277 g/mol. The smallest absolute Gasteiger partial charge is 0.0431 e. The minimum atomic E-state index is 0.355. The van der Waals surface area contributed by atoms with Crippen LogP contribution in [0.1, 0.15) is 56.9 Å². The Morgan fingerprint density at radius 3 is 1.95 bits per heavy atom. The molecule has 114 valence electrons. The lowest BCUT2D eigenvalue weighted by Crippen LogP contribution is -2.18. The average Bonchev–Trinajstić information content (AvgIpc) is 2.46. The third-order valence-electron chi connectivity index (χ3n) is 3.74. The molecule has 0 aromatic heterocycles. The predicted molar refractivity (Wildman–Crippen MR) is 86.8 cm³/mol. The van der Waals surface area contributed by atoms with Gasteiger partial charge >= 0.3 is 0 Å². The van der Waals surface area contributed by atoms with Crippen molar-refractivity contribution in [3.63, 3.8) is 0 Å². The fraction of sp³-hybridized carbons (Fsp3) is 0.667. The summed E-state index contributed by atoms with van der Waals surface area (Å²) >= 11 is 0. The highest BCUT2D eigenvalue weighted by atomic mass is 16.2. The SMILES string of the molecule is CN(CCCCCCCCCCO)Cc1ccccc1. The Balaban J connectivity index is 1.91. The molecule has 0 spiro atoms. The van der Waals surface area contributed by atoms with Crippen molar-refractivity contribution in [3.8, 4) is 0 Å². The van der Waals surface area contributed by atoms with E-state index in [0.29, 0.717) is 6.61 Å². The molecule has 2 heteroatoms. The highest BCUT2D eigenvalue weighted by Gasteiger charge is 1.99. The molecule has 0 aliphatic heterocycles. The van der Waals surface area contributed by atoms with Crippen LogP contribution in [0, 0.1) is 0 Å². The summed E-state index contributed by atoms with van der Waals surface area (Å²) in [5.74, 6) is 0. The van der Waals surface area contributed by atoms with E-state index in [0.717, 1.165) is 13.0 Å². The zero-order valence-electron chi connectivity index (χ0n) is 13.1. The van der Waals surface area contributed by atoms with Crippen LogP contribution in [0.15, 0.2) is 30.3 Å². The molecule has 0 saturated heterocycles. The van der Waals surface area contributed by atoms with E-state index in [-0.39, 0.29) is 0 Å². The number of aliphatic hydroxyl groups excluding tert-OH is 1. The third-order valence-corrected chi connectivity index (χ3v) is 3.74. The van der Waals surface area contributed by atoms with Crippen LogP contribution in [0.25, 0.3) is 0 Å². The quantitative estimate of drug-likeness (QED) is 0.578. The number of nitrogens with zero attached hydrogens (tertiary/aromatic N) is 1. The van der Waals surface area contributed by atoms with E-state index in [4.69, 9.17) is 5.11 Å². The fourth-order valence-electron chi connectivity index (χ4n) is 2.53. The summed E-state index contributed by atoms with van der Waals surface area (Å²) in [4.78, 5) is 2.41. The normalized spacial score (nSPS) is 11.2. The van der Waals surface area contributed by atoms with Crippen molar-refractivity contribution >= 4 is 0 Å². The molecule has 0 aliphatic carbocycles. The Hall–Kier alpha value is -0.860. The largest absolute Gasteiger partial charge is 0.396 e. The van der Waals surface area contributed by atoms with Gasteiger partial charge in [-0.05, 0) is 32.0 Å². The first-order valence-corrected chi connectivity index (χ1v) is 8.16. The van der Waals surface area contributed by atoms with Crippen LogP contribution in [0.5, 0.6) is 0 Å². The van der Waals surface area contributed by atoms with Crippen molar-refractivity contribution in [2.75, 3.05) is 20.2 Å². The van der Waals surface area contributed by atoms with E-state index in [9.17, 15) is 0 Å². The van der Waals surface area contributed by atoms with E-state index in [1.165, 1.54) is 57.1 Å². The van der Waals surface area contributed by atoms with Crippen LogP contribution in [-0.4, -0.2) is 30.2 Å². The zero-order chi connectivity index (χ0) is 14.5. The summed E-state index contributed by atoms with van der Waals surface area (Å²) in [5.41, 5.74) is 1.40. The summed E-state index contributed by atoms with van der Waals surface area (Å²) in [6, 6.07) is 10.7. The molecule has 0 fully saturated rings. The maximum atomic E-state index is 8.69. The van der Waals surface area contributed by atoms with Gasteiger partial charge < -0.3 is 10.0 Å². The van der Waals surface area contributed by atoms with Gasteiger partial charge in [-0.2, -0.15) is 0 Å². The van der Waals surface area contributed by atoms with Crippen molar-refractivity contribution in [2.24, 2.45) is 0 Å². The molecule has 0 aliphatic rings. The molecule has 20 heavy (non-hydrogen) atoms. The first-order valence-electron chi connectivity index (χ1n) is 8.16.